The maximum Gasteiger partial charge on any atom is 0.216 e. The lowest BCUT2D eigenvalue weighted by Crippen LogP contribution is -2.46. The number of rotatable bonds is 4. The van der Waals surface area contributed by atoms with Gasteiger partial charge in [0.1, 0.15) is 12.3 Å². The first-order valence-corrected chi connectivity index (χ1v) is 8.95. The summed E-state index contributed by atoms with van der Waals surface area (Å²) in [6.07, 6.45) is 1.18. The SMILES string of the molecule is CCNC(=NCc1nc(C)c(C)o1)N1CCC(N2CCOCC2)C1. The first kappa shape index (κ1) is 17.2. The van der Waals surface area contributed by atoms with E-state index in [-0.39, 0.29) is 0 Å². The van der Waals surface area contributed by atoms with Crippen LogP contribution in [0.3, 0.4) is 0 Å². The van der Waals surface area contributed by atoms with E-state index in [0.29, 0.717) is 18.5 Å². The molecule has 0 bridgehead atoms. The van der Waals surface area contributed by atoms with Crippen LogP contribution in [0.2, 0.25) is 0 Å². The fourth-order valence-corrected chi connectivity index (χ4v) is 3.35. The zero-order valence-electron chi connectivity index (χ0n) is 15.0. The number of oxazole rings is 1. The second kappa shape index (κ2) is 7.98. The third-order valence-electron chi connectivity index (χ3n) is 4.80. The minimum Gasteiger partial charge on any atom is -0.444 e. The maximum absolute atomic E-state index is 5.64. The fraction of sp³-hybridized carbons (Fsp3) is 0.765. The summed E-state index contributed by atoms with van der Waals surface area (Å²) in [7, 11) is 0. The average Bonchev–Trinajstić information content (AvgIpc) is 3.20. The highest BCUT2D eigenvalue weighted by atomic mass is 16.5. The molecule has 1 aromatic rings. The van der Waals surface area contributed by atoms with E-state index in [1.165, 1.54) is 6.42 Å². The van der Waals surface area contributed by atoms with Crippen molar-refractivity contribution in [2.45, 2.75) is 39.8 Å². The zero-order valence-corrected chi connectivity index (χ0v) is 15.0. The molecule has 2 fully saturated rings. The lowest BCUT2D eigenvalue weighted by molar-refractivity contribution is 0.0195. The van der Waals surface area contributed by atoms with E-state index in [2.05, 4.69) is 27.0 Å². The van der Waals surface area contributed by atoms with Gasteiger partial charge in [0.25, 0.3) is 0 Å². The van der Waals surface area contributed by atoms with E-state index in [4.69, 9.17) is 14.1 Å². The number of ether oxygens (including phenoxy) is 1. The normalized spacial score (nSPS) is 23.0. The Bertz CT molecular complexity index is 546. The van der Waals surface area contributed by atoms with Crippen molar-refractivity contribution in [2.75, 3.05) is 45.9 Å². The Labute approximate surface area is 144 Å². The van der Waals surface area contributed by atoms with Crippen molar-refractivity contribution in [1.82, 2.24) is 20.1 Å². The summed E-state index contributed by atoms with van der Waals surface area (Å²) < 4.78 is 11.1. The number of nitrogens with one attached hydrogen (secondary N) is 1. The lowest BCUT2D eigenvalue weighted by atomic mass is 10.2. The molecule has 24 heavy (non-hydrogen) atoms. The summed E-state index contributed by atoms with van der Waals surface area (Å²) in [4.78, 5) is 14.0. The molecule has 7 heteroatoms. The number of aryl methyl sites for hydroxylation is 2. The molecule has 2 aliphatic rings. The molecule has 3 rings (SSSR count). The van der Waals surface area contributed by atoms with Crippen LogP contribution < -0.4 is 5.32 Å². The van der Waals surface area contributed by atoms with Gasteiger partial charge in [0, 0.05) is 38.8 Å². The first-order valence-electron chi connectivity index (χ1n) is 8.95. The second-order valence-electron chi connectivity index (χ2n) is 6.46. The topological polar surface area (TPSA) is 66.1 Å². The van der Waals surface area contributed by atoms with Crippen LogP contribution in [0, 0.1) is 13.8 Å². The van der Waals surface area contributed by atoms with E-state index in [1.54, 1.807) is 0 Å². The molecule has 1 unspecified atom stereocenters. The molecule has 1 N–H and O–H groups in total. The Morgan fingerprint density at radius 2 is 2.08 bits per heavy atom. The van der Waals surface area contributed by atoms with Crippen LogP contribution in [0.5, 0.6) is 0 Å². The number of guanidine groups is 1. The van der Waals surface area contributed by atoms with Crippen molar-refractivity contribution >= 4 is 5.96 Å². The van der Waals surface area contributed by atoms with Crippen molar-refractivity contribution < 1.29 is 9.15 Å². The van der Waals surface area contributed by atoms with Gasteiger partial charge in [-0.05, 0) is 27.2 Å². The Morgan fingerprint density at radius 3 is 2.75 bits per heavy atom. The minimum absolute atomic E-state index is 0.482. The van der Waals surface area contributed by atoms with Gasteiger partial charge in [0.05, 0.1) is 18.9 Å². The number of morpholine rings is 1. The molecule has 1 atom stereocenters. The fourth-order valence-electron chi connectivity index (χ4n) is 3.35. The predicted octanol–water partition coefficient (Wildman–Crippen LogP) is 1.16. The van der Waals surface area contributed by atoms with Crippen LogP contribution in [-0.2, 0) is 11.3 Å². The molecule has 0 aliphatic carbocycles. The van der Waals surface area contributed by atoms with E-state index < -0.39 is 0 Å². The molecule has 1 aromatic heterocycles. The van der Waals surface area contributed by atoms with Gasteiger partial charge < -0.3 is 19.4 Å². The number of nitrogens with zero attached hydrogens (tertiary/aromatic N) is 4. The molecular formula is C17H29N5O2. The number of hydrogen-bond acceptors (Lipinski definition) is 5. The molecule has 2 aliphatic heterocycles. The molecule has 7 nitrogen and oxygen atoms in total. The van der Waals surface area contributed by atoms with Gasteiger partial charge >= 0.3 is 0 Å². The third kappa shape index (κ3) is 4.08. The summed E-state index contributed by atoms with van der Waals surface area (Å²) in [5.74, 6) is 2.52. The molecule has 0 saturated carbocycles. The van der Waals surface area contributed by atoms with Gasteiger partial charge in [-0.2, -0.15) is 0 Å². The monoisotopic (exact) mass is 335 g/mol. The van der Waals surface area contributed by atoms with E-state index >= 15 is 0 Å². The third-order valence-corrected chi connectivity index (χ3v) is 4.80. The molecule has 2 saturated heterocycles. The van der Waals surface area contributed by atoms with Gasteiger partial charge in [-0.1, -0.05) is 0 Å². The van der Waals surface area contributed by atoms with Crippen molar-refractivity contribution in [2.24, 2.45) is 4.99 Å². The summed E-state index contributed by atoms with van der Waals surface area (Å²) in [5, 5.41) is 3.40. The highest BCUT2D eigenvalue weighted by Crippen LogP contribution is 2.17. The van der Waals surface area contributed by atoms with Crippen molar-refractivity contribution in [3.8, 4) is 0 Å². The first-order chi connectivity index (χ1) is 11.7. The quantitative estimate of drug-likeness (QED) is 0.658. The molecule has 0 radical (unpaired) electrons. The largest absolute Gasteiger partial charge is 0.444 e. The van der Waals surface area contributed by atoms with E-state index in [0.717, 1.165) is 63.4 Å². The number of aliphatic imine (C=N–C) groups is 1. The molecular weight excluding hydrogens is 306 g/mol. The second-order valence-corrected chi connectivity index (χ2v) is 6.46. The zero-order chi connectivity index (χ0) is 16.9. The summed E-state index contributed by atoms with van der Waals surface area (Å²) in [5.41, 5.74) is 0.943. The molecule has 0 amide bonds. The Morgan fingerprint density at radius 1 is 1.29 bits per heavy atom. The van der Waals surface area contributed by atoms with Gasteiger partial charge in [-0.3, -0.25) is 4.90 Å². The molecule has 0 spiro atoms. The lowest BCUT2D eigenvalue weighted by Gasteiger charge is -2.32. The Hall–Kier alpha value is -1.60. The molecule has 3 heterocycles. The van der Waals surface area contributed by atoms with Gasteiger partial charge in [-0.25, -0.2) is 9.98 Å². The van der Waals surface area contributed by atoms with Crippen molar-refractivity contribution in [3.63, 3.8) is 0 Å². The number of hydrogen-bond donors (Lipinski definition) is 1. The van der Waals surface area contributed by atoms with Crippen LogP contribution in [-0.4, -0.2) is 72.7 Å². The minimum atomic E-state index is 0.482. The highest BCUT2D eigenvalue weighted by molar-refractivity contribution is 5.80. The van der Waals surface area contributed by atoms with Crippen LogP contribution in [0.15, 0.2) is 9.41 Å². The highest BCUT2D eigenvalue weighted by Gasteiger charge is 2.30. The summed E-state index contributed by atoms with van der Waals surface area (Å²) >= 11 is 0. The Balaban J connectivity index is 1.61. The standard InChI is InChI=1S/C17H29N5O2/c1-4-18-17(19-11-16-20-13(2)14(3)24-16)22-6-5-15(12-22)21-7-9-23-10-8-21/h15H,4-12H2,1-3H3,(H,18,19). The van der Waals surface area contributed by atoms with Crippen molar-refractivity contribution in [3.05, 3.63) is 17.3 Å². The summed E-state index contributed by atoms with van der Waals surface area (Å²) in [6.45, 7) is 13.2. The molecule has 0 aromatic carbocycles. The van der Waals surface area contributed by atoms with Crippen LogP contribution in [0.25, 0.3) is 0 Å². The van der Waals surface area contributed by atoms with E-state index in [9.17, 15) is 0 Å². The van der Waals surface area contributed by atoms with Crippen LogP contribution >= 0.6 is 0 Å². The molecule has 134 valence electrons. The smallest absolute Gasteiger partial charge is 0.216 e. The predicted molar refractivity (Wildman–Crippen MR) is 93.2 cm³/mol. The van der Waals surface area contributed by atoms with Crippen molar-refractivity contribution in [1.29, 1.82) is 0 Å². The van der Waals surface area contributed by atoms with Gasteiger partial charge in [-0.15, -0.1) is 0 Å². The van der Waals surface area contributed by atoms with Crippen LogP contribution in [0.4, 0.5) is 0 Å². The average molecular weight is 335 g/mol. The number of aromatic nitrogens is 1. The number of likely N-dealkylation sites (tertiary alicyclic amines) is 1. The van der Waals surface area contributed by atoms with Crippen LogP contribution in [0.1, 0.15) is 30.7 Å². The van der Waals surface area contributed by atoms with Gasteiger partial charge in [0.15, 0.2) is 5.96 Å². The Kier molecular flexibility index (Phi) is 5.73. The van der Waals surface area contributed by atoms with E-state index in [1.807, 2.05) is 13.8 Å². The summed E-state index contributed by atoms with van der Waals surface area (Å²) in [6, 6.07) is 0.601. The van der Waals surface area contributed by atoms with Gasteiger partial charge in [0.2, 0.25) is 5.89 Å². The maximum atomic E-state index is 5.64.